The zero-order chi connectivity index (χ0) is 24.9. The number of phenols is 2. The molecule has 0 unspecified atom stereocenters. The third kappa shape index (κ3) is 6.93. The molecule has 3 aromatic rings. The second kappa shape index (κ2) is 11.1. The molecular weight excluding hydrogens is 463 g/mol. The van der Waals surface area contributed by atoms with Gasteiger partial charge >= 0.3 is 0 Å². The molecule has 0 atom stereocenters. The fourth-order valence-electron chi connectivity index (χ4n) is 4.70. The minimum Gasteiger partial charge on any atom is -0.508 e. The first-order valence-electron chi connectivity index (χ1n) is 12.0. The molecule has 0 aliphatic carbocycles. The Morgan fingerprint density at radius 3 is 1.24 bits per heavy atom. The molecule has 3 aromatic carbocycles. The van der Waals surface area contributed by atoms with E-state index in [2.05, 4.69) is 52.0 Å². The average Bonchev–Trinajstić information content (AvgIpc) is 2.77. The van der Waals surface area contributed by atoms with Crippen LogP contribution in [-0.4, -0.2) is 10.2 Å². The summed E-state index contributed by atoms with van der Waals surface area (Å²) in [6.07, 6.45) is 5.65. The van der Waals surface area contributed by atoms with Gasteiger partial charge in [0, 0.05) is 21.2 Å². The Bertz CT molecular complexity index is 995. The third-order valence-electron chi connectivity index (χ3n) is 6.93. The summed E-state index contributed by atoms with van der Waals surface area (Å²) in [5, 5.41) is 23.4. The van der Waals surface area contributed by atoms with E-state index >= 15 is 0 Å². The van der Waals surface area contributed by atoms with Gasteiger partial charge in [-0.05, 0) is 96.9 Å². The SMILES string of the molecule is CC(C)(CCCc1ccc(Cl)cc1)c1cc(O)c(C(C)(C)CCCc2ccc(Cl)cc2)cc1O. The molecule has 0 saturated carbocycles. The lowest BCUT2D eigenvalue weighted by Crippen LogP contribution is -2.21. The lowest BCUT2D eigenvalue weighted by atomic mass is 9.75. The van der Waals surface area contributed by atoms with Crippen LogP contribution >= 0.6 is 23.2 Å². The lowest BCUT2D eigenvalue weighted by Gasteiger charge is -2.30. The molecule has 0 fully saturated rings. The molecule has 4 heteroatoms. The molecule has 0 bridgehead atoms. The molecule has 0 saturated heterocycles. The van der Waals surface area contributed by atoms with E-state index < -0.39 is 0 Å². The van der Waals surface area contributed by atoms with Gasteiger partial charge in [-0.3, -0.25) is 0 Å². The van der Waals surface area contributed by atoms with Crippen molar-refractivity contribution >= 4 is 23.2 Å². The van der Waals surface area contributed by atoms with Gasteiger partial charge in [-0.15, -0.1) is 0 Å². The number of halogens is 2. The van der Waals surface area contributed by atoms with E-state index in [1.807, 2.05) is 24.3 Å². The second-order valence-electron chi connectivity index (χ2n) is 10.6. The van der Waals surface area contributed by atoms with Crippen LogP contribution in [0.3, 0.4) is 0 Å². The number of aromatic hydroxyl groups is 2. The van der Waals surface area contributed by atoms with Crippen LogP contribution < -0.4 is 0 Å². The minimum atomic E-state index is -0.259. The normalized spacial score (nSPS) is 12.2. The highest BCUT2D eigenvalue weighted by Crippen LogP contribution is 2.43. The van der Waals surface area contributed by atoms with Crippen LogP contribution in [0.4, 0.5) is 0 Å². The van der Waals surface area contributed by atoms with Crippen LogP contribution in [0.15, 0.2) is 60.7 Å². The molecule has 34 heavy (non-hydrogen) atoms. The summed E-state index contributed by atoms with van der Waals surface area (Å²) in [5.41, 5.74) is 3.57. The lowest BCUT2D eigenvalue weighted by molar-refractivity contribution is 0.386. The highest BCUT2D eigenvalue weighted by Gasteiger charge is 2.29. The molecule has 2 N–H and O–H groups in total. The molecule has 0 radical (unpaired) electrons. The van der Waals surface area contributed by atoms with Crippen molar-refractivity contribution in [3.63, 3.8) is 0 Å². The zero-order valence-corrected chi connectivity index (χ0v) is 22.2. The van der Waals surface area contributed by atoms with Gasteiger partial charge in [-0.25, -0.2) is 0 Å². The van der Waals surface area contributed by atoms with Gasteiger partial charge < -0.3 is 10.2 Å². The van der Waals surface area contributed by atoms with Crippen molar-refractivity contribution in [3.05, 3.63) is 93.0 Å². The topological polar surface area (TPSA) is 40.5 Å². The van der Waals surface area contributed by atoms with Gasteiger partial charge in [0.05, 0.1) is 0 Å². The monoisotopic (exact) mass is 498 g/mol. The third-order valence-corrected chi connectivity index (χ3v) is 7.44. The van der Waals surface area contributed by atoms with Gasteiger partial charge in [-0.1, -0.05) is 75.2 Å². The first-order valence-corrected chi connectivity index (χ1v) is 12.8. The van der Waals surface area contributed by atoms with Crippen molar-refractivity contribution in [1.82, 2.24) is 0 Å². The Labute approximate surface area is 214 Å². The largest absolute Gasteiger partial charge is 0.508 e. The molecule has 2 nitrogen and oxygen atoms in total. The molecule has 182 valence electrons. The Balaban J connectivity index is 1.65. The maximum absolute atomic E-state index is 11.0. The summed E-state index contributed by atoms with van der Waals surface area (Å²) in [6.45, 7) is 8.50. The Kier molecular flexibility index (Phi) is 8.60. The van der Waals surface area contributed by atoms with Crippen LogP contribution in [0.25, 0.3) is 0 Å². The summed E-state index contributed by atoms with van der Waals surface area (Å²) in [7, 11) is 0. The maximum Gasteiger partial charge on any atom is 0.119 e. The summed E-state index contributed by atoms with van der Waals surface area (Å²) in [5.74, 6) is 0.519. The highest BCUT2D eigenvalue weighted by molar-refractivity contribution is 6.30. The first kappa shape index (κ1) is 26.4. The van der Waals surface area contributed by atoms with Crippen LogP contribution in [0.2, 0.25) is 10.0 Å². The average molecular weight is 500 g/mol. The predicted octanol–water partition coefficient (Wildman–Crippen LogP) is 9.01. The van der Waals surface area contributed by atoms with Crippen LogP contribution in [0, 0.1) is 0 Å². The Morgan fingerprint density at radius 2 is 0.912 bits per heavy atom. The number of phenolic OH excluding ortho intramolecular Hbond substituents is 2. The van der Waals surface area contributed by atoms with E-state index in [1.54, 1.807) is 12.1 Å². The van der Waals surface area contributed by atoms with Crippen LogP contribution in [0.1, 0.15) is 75.6 Å². The molecule has 0 amide bonds. The molecule has 0 heterocycles. The van der Waals surface area contributed by atoms with Gasteiger partial charge in [0.1, 0.15) is 11.5 Å². The van der Waals surface area contributed by atoms with Crippen molar-refractivity contribution < 1.29 is 10.2 Å². The Hall–Kier alpha value is -2.16. The van der Waals surface area contributed by atoms with Crippen LogP contribution in [-0.2, 0) is 23.7 Å². The van der Waals surface area contributed by atoms with Crippen molar-refractivity contribution in [1.29, 1.82) is 0 Å². The number of benzene rings is 3. The Morgan fingerprint density at radius 1 is 0.588 bits per heavy atom. The molecule has 3 rings (SSSR count). The van der Waals surface area contributed by atoms with Crippen molar-refractivity contribution in [3.8, 4) is 11.5 Å². The van der Waals surface area contributed by atoms with Gasteiger partial charge in [0.15, 0.2) is 0 Å². The second-order valence-corrected chi connectivity index (χ2v) is 11.5. The highest BCUT2D eigenvalue weighted by atomic mass is 35.5. The quantitative estimate of drug-likeness (QED) is 0.273. The molecule has 0 aliphatic rings. The van der Waals surface area contributed by atoms with E-state index in [0.29, 0.717) is 0 Å². The first-order chi connectivity index (χ1) is 16.0. The standard InChI is InChI=1S/C30H36Cl2O2/c1-29(2,17-5-7-21-9-13-23(31)14-10-21)25-19-28(34)26(20-27(25)33)30(3,4)18-6-8-22-11-15-24(32)16-12-22/h9-16,19-20,33-34H,5-8,17-18H2,1-4H3. The van der Waals surface area contributed by atoms with Gasteiger partial charge in [-0.2, -0.15) is 0 Å². The van der Waals surface area contributed by atoms with E-state index in [9.17, 15) is 10.2 Å². The van der Waals surface area contributed by atoms with Crippen molar-refractivity contribution in [2.45, 2.75) is 77.0 Å². The van der Waals surface area contributed by atoms with Crippen molar-refractivity contribution in [2.75, 3.05) is 0 Å². The predicted molar refractivity (Wildman–Crippen MR) is 145 cm³/mol. The number of hydrogen-bond acceptors (Lipinski definition) is 2. The van der Waals surface area contributed by atoms with Gasteiger partial charge in [0.2, 0.25) is 0 Å². The number of rotatable bonds is 10. The van der Waals surface area contributed by atoms with Crippen LogP contribution in [0.5, 0.6) is 11.5 Å². The van der Waals surface area contributed by atoms with Crippen molar-refractivity contribution in [2.24, 2.45) is 0 Å². The van der Waals surface area contributed by atoms with E-state index in [1.165, 1.54) is 11.1 Å². The van der Waals surface area contributed by atoms with E-state index in [4.69, 9.17) is 23.2 Å². The summed E-state index contributed by atoms with van der Waals surface area (Å²) >= 11 is 12.0. The van der Waals surface area contributed by atoms with E-state index in [0.717, 1.165) is 59.7 Å². The van der Waals surface area contributed by atoms with Gasteiger partial charge in [0.25, 0.3) is 0 Å². The number of hydrogen-bond donors (Lipinski definition) is 2. The summed E-state index contributed by atoms with van der Waals surface area (Å²) in [6, 6.07) is 19.4. The summed E-state index contributed by atoms with van der Waals surface area (Å²) in [4.78, 5) is 0. The number of aryl methyl sites for hydroxylation is 2. The molecule has 0 aliphatic heterocycles. The zero-order valence-electron chi connectivity index (χ0n) is 20.7. The molecule has 0 aromatic heterocycles. The maximum atomic E-state index is 11.0. The van der Waals surface area contributed by atoms with E-state index in [-0.39, 0.29) is 22.3 Å². The smallest absolute Gasteiger partial charge is 0.119 e. The minimum absolute atomic E-state index is 0.259. The fourth-order valence-corrected chi connectivity index (χ4v) is 4.95. The fraction of sp³-hybridized carbons (Fsp3) is 0.400. The molecular formula is C30H36Cl2O2. The molecule has 0 spiro atoms. The summed E-state index contributed by atoms with van der Waals surface area (Å²) < 4.78 is 0.